The molecule has 2 aliphatic carbocycles. The monoisotopic (exact) mass is 426 g/mol. The van der Waals surface area contributed by atoms with Crippen LogP contribution in [-0.2, 0) is 18.9 Å². The van der Waals surface area contributed by atoms with Gasteiger partial charge in [0.15, 0.2) is 0 Å². The smallest absolute Gasteiger partial charge is 0.434 e. The molecule has 174 valence electrons. The molecule has 6 nitrogen and oxygen atoms in total. The third kappa shape index (κ3) is 10.5. The first-order valence-corrected chi connectivity index (χ1v) is 12.2. The summed E-state index contributed by atoms with van der Waals surface area (Å²) in [5, 5.41) is 0. The molecule has 2 aliphatic rings. The van der Waals surface area contributed by atoms with Crippen molar-refractivity contribution in [2.24, 2.45) is 5.92 Å². The van der Waals surface area contributed by atoms with Crippen LogP contribution in [0.3, 0.4) is 0 Å². The van der Waals surface area contributed by atoms with Crippen molar-refractivity contribution in [2.45, 2.75) is 128 Å². The van der Waals surface area contributed by atoms with E-state index in [0.29, 0.717) is 19.4 Å². The Morgan fingerprint density at radius 2 is 1.27 bits per heavy atom. The number of ether oxygens (including phenoxy) is 4. The van der Waals surface area contributed by atoms with Crippen LogP contribution in [0, 0.1) is 5.92 Å². The van der Waals surface area contributed by atoms with Gasteiger partial charge < -0.3 is 18.9 Å². The summed E-state index contributed by atoms with van der Waals surface area (Å²) in [7, 11) is 0. The Hall–Kier alpha value is -1.46. The van der Waals surface area contributed by atoms with Crippen LogP contribution in [0.15, 0.2) is 0 Å². The molecule has 0 radical (unpaired) electrons. The molecule has 0 aromatic heterocycles. The molecule has 2 atom stereocenters. The van der Waals surface area contributed by atoms with Crippen LogP contribution in [0.25, 0.3) is 0 Å². The van der Waals surface area contributed by atoms with Gasteiger partial charge in [-0.2, -0.15) is 0 Å². The Labute approximate surface area is 182 Å². The minimum atomic E-state index is -0.657. The maximum Gasteiger partial charge on any atom is 0.508 e. The lowest BCUT2D eigenvalue weighted by molar-refractivity contribution is -0.0796. The SMILES string of the molecule is CC(C)CCCCCCCOC(=O)OC1CCCCC1OC(=O)OC1CCCCC1. The number of rotatable bonds is 11. The largest absolute Gasteiger partial charge is 0.508 e. The number of unbranched alkanes of at least 4 members (excludes halogenated alkanes) is 4. The molecule has 2 unspecified atom stereocenters. The second kappa shape index (κ2) is 14.5. The Bertz CT molecular complexity index is 486. The zero-order valence-corrected chi connectivity index (χ0v) is 19.1. The van der Waals surface area contributed by atoms with Gasteiger partial charge in [-0.25, -0.2) is 9.59 Å². The Kier molecular flexibility index (Phi) is 12.0. The number of carbonyl (C=O) groups is 2. The summed E-state index contributed by atoms with van der Waals surface area (Å²) >= 11 is 0. The highest BCUT2D eigenvalue weighted by molar-refractivity contribution is 5.61. The zero-order valence-electron chi connectivity index (χ0n) is 19.1. The van der Waals surface area contributed by atoms with E-state index < -0.39 is 24.5 Å². The van der Waals surface area contributed by atoms with Crippen molar-refractivity contribution in [3.63, 3.8) is 0 Å². The highest BCUT2D eigenvalue weighted by atomic mass is 16.8. The van der Waals surface area contributed by atoms with Crippen molar-refractivity contribution in [2.75, 3.05) is 6.61 Å². The maximum atomic E-state index is 12.2. The summed E-state index contributed by atoms with van der Waals surface area (Å²) in [5.41, 5.74) is 0. The van der Waals surface area contributed by atoms with Crippen LogP contribution in [0.1, 0.15) is 110 Å². The van der Waals surface area contributed by atoms with Crippen molar-refractivity contribution < 1.29 is 28.5 Å². The summed E-state index contributed by atoms with van der Waals surface area (Å²) in [6.45, 7) is 4.88. The second-order valence-corrected chi connectivity index (χ2v) is 9.27. The Morgan fingerprint density at radius 1 is 0.700 bits per heavy atom. The van der Waals surface area contributed by atoms with E-state index in [1.54, 1.807) is 0 Å². The quantitative estimate of drug-likeness (QED) is 0.263. The minimum absolute atomic E-state index is 0.0375. The van der Waals surface area contributed by atoms with Crippen molar-refractivity contribution in [1.29, 1.82) is 0 Å². The predicted octanol–water partition coefficient (Wildman–Crippen LogP) is 6.93. The highest BCUT2D eigenvalue weighted by Crippen LogP contribution is 2.26. The summed E-state index contributed by atoms with van der Waals surface area (Å²) < 4.78 is 21.7. The third-order valence-corrected chi connectivity index (χ3v) is 6.10. The first kappa shape index (κ1) is 24.8. The van der Waals surface area contributed by atoms with Gasteiger partial charge in [0.25, 0.3) is 0 Å². The van der Waals surface area contributed by atoms with Crippen molar-refractivity contribution in [3.8, 4) is 0 Å². The van der Waals surface area contributed by atoms with E-state index in [0.717, 1.165) is 57.3 Å². The van der Waals surface area contributed by atoms with Crippen LogP contribution in [0.4, 0.5) is 9.59 Å². The van der Waals surface area contributed by atoms with Gasteiger partial charge in [0.1, 0.15) is 18.3 Å². The van der Waals surface area contributed by atoms with Gasteiger partial charge in [-0.15, -0.1) is 0 Å². The fourth-order valence-electron chi connectivity index (χ4n) is 4.30. The fourth-order valence-corrected chi connectivity index (χ4v) is 4.30. The van der Waals surface area contributed by atoms with E-state index in [2.05, 4.69) is 13.8 Å². The molecule has 0 spiro atoms. The number of carbonyl (C=O) groups excluding carboxylic acids is 2. The fraction of sp³-hybridized carbons (Fsp3) is 0.917. The standard InChI is InChI=1S/C24H42O6/c1-19(2)13-7-4-3-5-12-18-27-23(25)29-21-16-10-11-17-22(21)30-24(26)28-20-14-8-6-9-15-20/h19-22H,3-18H2,1-2H3. The Morgan fingerprint density at radius 3 is 1.93 bits per heavy atom. The predicted molar refractivity (Wildman–Crippen MR) is 115 cm³/mol. The molecule has 2 rings (SSSR count). The van der Waals surface area contributed by atoms with Gasteiger partial charge in [-0.3, -0.25) is 0 Å². The van der Waals surface area contributed by atoms with Crippen LogP contribution >= 0.6 is 0 Å². The lowest BCUT2D eigenvalue weighted by Gasteiger charge is -2.30. The van der Waals surface area contributed by atoms with Gasteiger partial charge in [0.2, 0.25) is 0 Å². The summed E-state index contributed by atoms with van der Waals surface area (Å²) in [5.74, 6) is 0.768. The van der Waals surface area contributed by atoms with Crippen molar-refractivity contribution >= 4 is 12.3 Å². The topological polar surface area (TPSA) is 71.1 Å². The molecule has 0 saturated heterocycles. The van der Waals surface area contributed by atoms with Gasteiger partial charge >= 0.3 is 12.3 Å². The van der Waals surface area contributed by atoms with Crippen molar-refractivity contribution in [1.82, 2.24) is 0 Å². The Balaban J connectivity index is 1.59. The van der Waals surface area contributed by atoms with Crippen molar-refractivity contribution in [3.05, 3.63) is 0 Å². The molecule has 2 saturated carbocycles. The van der Waals surface area contributed by atoms with E-state index in [9.17, 15) is 9.59 Å². The molecule has 0 heterocycles. The summed E-state index contributed by atoms with van der Waals surface area (Å²) in [6, 6.07) is 0. The minimum Gasteiger partial charge on any atom is -0.434 e. The van der Waals surface area contributed by atoms with Crippen LogP contribution in [0.2, 0.25) is 0 Å². The molecular weight excluding hydrogens is 384 g/mol. The molecule has 0 aliphatic heterocycles. The second-order valence-electron chi connectivity index (χ2n) is 9.27. The summed E-state index contributed by atoms with van der Waals surface area (Å²) in [4.78, 5) is 24.2. The van der Waals surface area contributed by atoms with E-state index in [-0.39, 0.29) is 6.10 Å². The molecule has 6 heteroatoms. The van der Waals surface area contributed by atoms with Crippen LogP contribution in [0.5, 0.6) is 0 Å². The molecule has 0 amide bonds. The lowest BCUT2D eigenvalue weighted by atomic mass is 9.94. The number of hydrogen-bond acceptors (Lipinski definition) is 6. The van der Waals surface area contributed by atoms with Gasteiger partial charge in [-0.05, 0) is 63.7 Å². The van der Waals surface area contributed by atoms with Gasteiger partial charge in [0.05, 0.1) is 6.61 Å². The molecule has 0 bridgehead atoms. The van der Waals surface area contributed by atoms with Crippen LogP contribution < -0.4 is 0 Å². The lowest BCUT2D eigenvalue weighted by Crippen LogP contribution is -2.38. The summed E-state index contributed by atoms with van der Waals surface area (Å²) in [6.07, 6.45) is 13.2. The van der Waals surface area contributed by atoms with Crippen LogP contribution in [-0.4, -0.2) is 37.2 Å². The van der Waals surface area contributed by atoms with Gasteiger partial charge in [0, 0.05) is 0 Å². The average molecular weight is 427 g/mol. The molecule has 0 aromatic rings. The zero-order chi connectivity index (χ0) is 21.6. The molecule has 2 fully saturated rings. The number of hydrogen-bond donors (Lipinski definition) is 0. The molecule has 0 N–H and O–H groups in total. The van der Waals surface area contributed by atoms with E-state index in [1.807, 2.05) is 0 Å². The van der Waals surface area contributed by atoms with E-state index in [1.165, 1.54) is 32.1 Å². The maximum absolute atomic E-state index is 12.2. The van der Waals surface area contributed by atoms with E-state index in [4.69, 9.17) is 18.9 Å². The van der Waals surface area contributed by atoms with Gasteiger partial charge in [-0.1, -0.05) is 52.4 Å². The first-order chi connectivity index (χ1) is 14.5. The molecular formula is C24H42O6. The first-order valence-electron chi connectivity index (χ1n) is 12.2. The third-order valence-electron chi connectivity index (χ3n) is 6.10. The molecule has 0 aromatic carbocycles. The molecule has 30 heavy (non-hydrogen) atoms. The average Bonchev–Trinajstić information content (AvgIpc) is 2.72. The highest BCUT2D eigenvalue weighted by Gasteiger charge is 2.33. The van der Waals surface area contributed by atoms with E-state index >= 15 is 0 Å². The normalized spacial score (nSPS) is 22.5.